The molecule has 0 N–H and O–H groups in total. The number of fused-ring (bicyclic) bond motifs is 1. The number of hydrogen-bond donors (Lipinski definition) is 0. The van der Waals surface area contributed by atoms with E-state index in [1.54, 1.807) is 6.20 Å². The summed E-state index contributed by atoms with van der Waals surface area (Å²) in [6, 6.07) is 7.54. The van der Waals surface area contributed by atoms with Crippen molar-refractivity contribution in [2.75, 3.05) is 0 Å². The van der Waals surface area contributed by atoms with Gasteiger partial charge < -0.3 is 4.74 Å². The summed E-state index contributed by atoms with van der Waals surface area (Å²) in [7, 11) is 0. The summed E-state index contributed by atoms with van der Waals surface area (Å²) in [5.74, 6) is 0.136. The molecule has 25 heavy (non-hydrogen) atoms. The fourth-order valence-corrected chi connectivity index (χ4v) is 6.78. The van der Waals surface area contributed by atoms with Crippen LogP contribution in [0.3, 0.4) is 0 Å². The molecular formula is C20H22INO3. The smallest absolute Gasteiger partial charge is 0.419 e. The van der Waals surface area contributed by atoms with Crippen molar-refractivity contribution in [3.8, 4) is 0 Å². The second kappa shape index (κ2) is 5.32. The Kier molecular flexibility index (Phi) is 3.63. The molecular weight excluding hydrogens is 429 g/mol. The van der Waals surface area contributed by atoms with Crippen LogP contribution in [0, 0.1) is 5.41 Å². The molecule has 2 aromatic rings. The third kappa shape index (κ3) is 2.90. The van der Waals surface area contributed by atoms with E-state index in [1.807, 2.05) is 45.0 Å². The number of ether oxygens (including phenoxy) is 1. The van der Waals surface area contributed by atoms with Gasteiger partial charge in [0.25, 0.3) is 0 Å². The number of rotatable bonds is 3. The number of alkyl halides is 1. The van der Waals surface area contributed by atoms with Gasteiger partial charge in [-0.2, -0.15) is 0 Å². The highest BCUT2D eigenvalue weighted by Gasteiger charge is 2.66. The first-order valence-corrected chi connectivity index (χ1v) is 9.73. The molecule has 3 aliphatic carbocycles. The summed E-state index contributed by atoms with van der Waals surface area (Å²) in [5.41, 5.74) is 0.997. The van der Waals surface area contributed by atoms with Crippen molar-refractivity contribution in [3.63, 3.8) is 0 Å². The van der Waals surface area contributed by atoms with Crippen molar-refractivity contribution >= 4 is 45.4 Å². The number of carbonyl (C=O) groups excluding carboxylic acids is 2. The second-order valence-electron chi connectivity index (χ2n) is 8.69. The zero-order chi connectivity index (χ0) is 18.0. The van der Waals surface area contributed by atoms with Gasteiger partial charge in [0.05, 0.1) is 5.52 Å². The Hall–Kier alpha value is -1.37. The molecule has 0 amide bonds. The van der Waals surface area contributed by atoms with Crippen LogP contribution >= 0.6 is 22.6 Å². The summed E-state index contributed by atoms with van der Waals surface area (Å²) in [6.07, 6.45) is 5.25. The Morgan fingerprint density at radius 2 is 1.84 bits per heavy atom. The molecule has 5 rings (SSSR count). The van der Waals surface area contributed by atoms with Crippen molar-refractivity contribution < 1.29 is 14.3 Å². The molecule has 0 aliphatic heterocycles. The highest BCUT2D eigenvalue weighted by Crippen LogP contribution is 2.73. The van der Waals surface area contributed by atoms with Gasteiger partial charge in [0, 0.05) is 27.0 Å². The van der Waals surface area contributed by atoms with Crippen molar-refractivity contribution in [2.45, 2.75) is 55.5 Å². The van der Waals surface area contributed by atoms with E-state index in [0.717, 1.165) is 30.2 Å². The summed E-state index contributed by atoms with van der Waals surface area (Å²) in [6.45, 7) is 5.52. The van der Waals surface area contributed by atoms with E-state index >= 15 is 0 Å². The van der Waals surface area contributed by atoms with Crippen LogP contribution < -0.4 is 0 Å². The fourth-order valence-electron chi connectivity index (χ4n) is 4.35. The van der Waals surface area contributed by atoms with E-state index in [4.69, 9.17) is 4.74 Å². The number of ketones is 1. The number of para-hydroxylation sites is 1. The van der Waals surface area contributed by atoms with Crippen LogP contribution in [0.2, 0.25) is 0 Å². The first-order chi connectivity index (χ1) is 11.6. The van der Waals surface area contributed by atoms with E-state index < -0.39 is 11.7 Å². The predicted octanol–water partition coefficient (Wildman–Crippen LogP) is 5.36. The maximum absolute atomic E-state index is 12.9. The number of benzene rings is 1. The topological polar surface area (TPSA) is 48.3 Å². The lowest BCUT2D eigenvalue weighted by atomic mass is 9.43. The SMILES string of the molecule is CC(C)(C)OC(=O)n1cc(C(=O)CC23CC(I)(C2)C3)c2ccccc21. The number of carbonyl (C=O) groups is 2. The summed E-state index contributed by atoms with van der Waals surface area (Å²) in [5, 5.41) is 0.828. The Balaban J connectivity index is 1.65. The van der Waals surface area contributed by atoms with Gasteiger partial charge in [-0.25, -0.2) is 4.79 Å². The van der Waals surface area contributed by atoms with Gasteiger partial charge in [0.15, 0.2) is 5.78 Å². The van der Waals surface area contributed by atoms with E-state index in [1.165, 1.54) is 4.57 Å². The van der Waals surface area contributed by atoms with Gasteiger partial charge >= 0.3 is 6.09 Å². The number of hydrogen-bond acceptors (Lipinski definition) is 3. The minimum absolute atomic E-state index is 0.136. The summed E-state index contributed by atoms with van der Waals surface area (Å²) >= 11 is 2.53. The Morgan fingerprint density at radius 3 is 2.44 bits per heavy atom. The van der Waals surface area contributed by atoms with Crippen LogP contribution in [-0.4, -0.2) is 25.5 Å². The van der Waals surface area contributed by atoms with Gasteiger partial charge in [-0.15, -0.1) is 0 Å². The molecule has 1 aromatic heterocycles. The molecule has 0 saturated heterocycles. The monoisotopic (exact) mass is 451 g/mol. The molecule has 4 nitrogen and oxygen atoms in total. The van der Waals surface area contributed by atoms with E-state index in [-0.39, 0.29) is 11.2 Å². The maximum atomic E-state index is 12.9. The van der Waals surface area contributed by atoms with E-state index in [9.17, 15) is 9.59 Å². The summed E-state index contributed by atoms with van der Waals surface area (Å²) in [4.78, 5) is 25.5. The molecule has 3 saturated carbocycles. The normalized spacial score (nSPS) is 27.5. The van der Waals surface area contributed by atoms with Gasteiger partial charge in [-0.1, -0.05) is 40.8 Å². The molecule has 5 heteroatoms. The molecule has 132 valence electrons. The number of aromatic nitrogens is 1. The number of halogens is 1. The quantitative estimate of drug-likeness (QED) is 0.359. The number of Topliss-reactive ketones (excluding diaryl/α,β-unsaturated/α-hetero) is 1. The molecule has 1 aromatic carbocycles. The largest absolute Gasteiger partial charge is 0.443 e. The Bertz CT molecular complexity index is 870. The third-order valence-electron chi connectivity index (χ3n) is 5.21. The van der Waals surface area contributed by atoms with Gasteiger partial charge in [0.1, 0.15) is 5.60 Å². The van der Waals surface area contributed by atoms with Crippen molar-refractivity contribution in [2.24, 2.45) is 5.41 Å². The average molecular weight is 451 g/mol. The standard InChI is InChI=1S/C20H22INO3/c1-18(2,3)25-17(24)22-9-14(13-6-4-5-7-15(13)22)16(23)8-19-10-20(21,11-19)12-19/h4-7,9H,8,10-12H2,1-3H3. The van der Waals surface area contributed by atoms with Gasteiger partial charge in [0.2, 0.25) is 0 Å². The van der Waals surface area contributed by atoms with Gasteiger partial charge in [-0.05, 0) is 51.5 Å². The van der Waals surface area contributed by atoms with E-state index in [2.05, 4.69) is 22.6 Å². The molecule has 3 aliphatic rings. The van der Waals surface area contributed by atoms with Crippen LogP contribution in [0.15, 0.2) is 30.5 Å². The zero-order valence-electron chi connectivity index (χ0n) is 14.8. The van der Waals surface area contributed by atoms with Crippen LogP contribution in [0.25, 0.3) is 10.9 Å². The molecule has 0 unspecified atom stereocenters. The van der Waals surface area contributed by atoms with Crippen LogP contribution in [-0.2, 0) is 4.74 Å². The minimum Gasteiger partial charge on any atom is -0.443 e. The zero-order valence-corrected chi connectivity index (χ0v) is 16.9. The lowest BCUT2D eigenvalue weighted by Gasteiger charge is -2.68. The predicted molar refractivity (Wildman–Crippen MR) is 106 cm³/mol. The molecule has 2 bridgehead atoms. The molecule has 3 fully saturated rings. The van der Waals surface area contributed by atoms with E-state index in [0.29, 0.717) is 15.4 Å². The van der Waals surface area contributed by atoms with Crippen molar-refractivity contribution in [1.82, 2.24) is 4.57 Å². The van der Waals surface area contributed by atoms with Crippen molar-refractivity contribution in [1.29, 1.82) is 0 Å². The Labute approximate surface area is 161 Å². The highest BCUT2D eigenvalue weighted by molar-refractivity contribution is 14.1. The lowest BCUT2D eigenvalue weighted by Crippen LogP contribution is -2.63. The molecule has 0 atom stereocenters. The third-order valence-corrected chi connectivity index (χ3v) is 6.36. The maximum Gasteiger partial charge on any atom is 0.419 e. The first-order valence-electron chi connectivity index (χ1n) is 8.66. The second-order valence-corrected chi connectivity index (χ2v) is 11.0. The minimum atomic E-state index is -0.576. The molecule has 0 spiro atoms. The average Bonchev–Trinajstić information content (AvgIpc) is 2.82. The number of nitrogens with zero attached hydrogens (tertiary/aromatic N) is 1. The van der Waals surface area contributed by atoms with Gasteiger partial charge in [-0.3, -0.25) is 9.36 Å². The highest BCUT2D eigenvalue weighted by atomic mass is 127. The van der Waals surface area contributed by atoms with Crippen LogP contribution in [0.4, 0.5) is 4.79 Å². The molecule has 0 radical (unpaired) electrons. The molecule has 1 heterocycles. The van der Waals surface area contributed by atoms with Crippen LogP contribution in [0.5, 0.6) is 0 Å². The Morgan fingerprint density at radius 1 is 1.20 bits per heavy atom. The lowest BCUT2D eigenvalue weighted by molar-refractivity contribution is -0.0614. The first kappa shape index (κ1) is 17.1. The fraction of sp³-hybridized carbons (Fsp3) is 0.500. The van der Waals surface area contributed by atoms with Crippen molar-refractivity contribution in [3.05, 3.63) is 36.0 Å². The summed E-state index contributed by atoms with van der Waals surface area (Å²) < 4.78 is 7.42. The van der Waals surface area contributed by atoms with Crippen LogP contribution in [0.1, 0.15) is 56.8 Å².